The molecule has 6 heteroatoms. The number of rotatable bonds is 4. The van der Waals surface area contributed by atoms with E-state index >= 15 is 0 Å². The number of fused-ring (bicyclic) bond motifs is 1. The molecule has 1 amide bonds. The molecule has 6 nitrogen and oxygen atoms in total. The smallest absolute Gasteiger partial charge is 0.354 e. The first-order valence-electron chi connectivity index (χ1n) is 11.6. The second-order valence-corrected chi connectivity index (χ2v) is 9.94. The van der Waals surface area contributed by atoms with Crippen molar-refractivity contribution in [1.29, 1.82) is 0 Å². The molecule has 2 aliphatic carbocycles. The summed E-state index contributed by atoms with van der Waals surface area (Å²) in [4.78, 5) is 30.1. The van der Waals surface area contributed by atoms with Gasteiger partial charge in [0, 0.05) is 18.5 Å². The van der Waals surface area contributed by atoms with Crippen molar-refractivity contribution in [3.8, 4) is 11.1 Å². The summed E-state index contributed by atoms with van der Waals surface area (Å²) in [5.74, 6) is -0.613. The maximum Gasteiger partial charge on any atom is 0.354 e. The van der Waals surface area contributed by atoms with Gasteiger partial charge in [-0.25, -0.2) is 9.78 Å². The monoisotopic (exact) mass is 442 g/mol. The van der Waals surface area contributed by atoms with Crippen LogP contribution in [-0.2, 0) is 4.79 Å². The standard InChI is InChI=1S/C27H26N2O4/c30-24(31)23-15-20(19-3-1-2-4-22(19)28-23)17-5-7-18(8-6-17)21-16-26(21)11-13-29(14-12-26)25(32)27(33)9-10-27/h1-8,15,21,33H,9-14,16H2,(H,30,31). The summed E-state index contributed by atoms with van der Waals surface area (Å²) in [7, 11) is 0. The number of hydrogen-bond acceptors (Lipinski definition) is 4. The summed E-state index contributed by atoms with van der Waals surface area (Å²) >= 11 is 0. The molecule has 0 radical (unpaired) electrons. The van der Waals surface area contributed by atoms with E-state index in [9.17, 15) is 19.8 Å². The Hall–Kier alpha value is -3.25. The van der Waals surface area contributed by atoms with Crippen molar-refractivity contribution in [2.75, 3.05) is 13.1 Å². The van der Waals surface area contributed by atoms with Crippen LogP contribution in [0.2, 0.25) is 0 Å². The molecule has 3 aromatic rings. The first-order valence-corrected chi connectivity index (χ1v) is 11.6. The summed E-state index contributed by atoms with van der Waals surface area (Å²) in [5.41, 5.74) is 3.08. The SMILES string of the molecule is O=C(O)c1cc(-c2ccc(C3CC34CCN(C(=O)C3(O)CC3)CC4)cc2)c2ccccc2n1. The van der Waals surface area contributed by atoms with Crippen LogP contribution in [0.15, 0.2) is 54.6 Å². The molecule has 1 unspecified atom stereocenters. The number of carbonyl (C=O) groups excluding carboxylic acids is 1. The topological polar surface area (TPSA) is 90.7 Å². The third-order valence-corrected chi connectivity index (χ3v) is 7.92. The van der Waals surface area contributed by atoms with E-state index in [4.69, 9.17) is 0 Å². The van der Waals surface area contributed by atoms with E-state index < -0.39 is 11.6 Å². The van der Waals surface area contributed by atoms with Crippen molar-refractivity contribution < 1.29 is 19.8 Å². The van der Waals surface area contributed by atoms with Crippen LogP contribution >= 0.6 is 0 Å². The molecule has 3 aliphatic rings. The van der Waals surface area contributed by atoms with Gasteiger partial charge in [0.1, 0.15) is 11.3 Å². The van der Waals surface area contributed by atoms with Gasteiger partial charge in [-0.1, -0.05) is 42.5 Å². The molecule has 168 valence electrons. The van der Waals surface area contributed by atoms with E-state index in [1.807, 2.05) is 29.2 Å². The Morgan fingerprint density at radius 2 is 1.67 bits per heavy atom. The van der Waals surface area contributed by atoms with E-state index in [1.54, 1.807) is 6.07 Å². The number of benzene rings is 2. The highest BCUT2D eigenvalue weighted by molar-refractivity contribution is 5.99. The fourth-order valence-corrected chi connectivity index (χ4v) is 5.57. The van der Waals surface area contributed by atoms with Crippen LogP contribution in [0.4, 0.5) is 0 Å². The molecule has 1 atom stereocenters. The van der Waals surface area contributed by atoms with Crippen LogP contribution in [0.3, 0.4) is 0 Å². The predicted molar refractivity (Wildman–Crippen MR) is 124 cm³/mol. The third kappa shape index (κ3) is 3.40. The van der Waals surface area contributed by atoms with Crippen molar-refractivity contribution in [1.82, 2.24) is 9.88 Å². The van der Waals surface area contributed by atoms with E-state index in [0.29, 0.717) is 24.3 Å². The normalized spacial score (nSPS) is 22.3. The minimum absolute atomic E-state index is 0.0473. The molecule has 1 spiro atoms. The van der Waals surface area contributed by atoms with Gasteiger partial charge in [0.25, 0.3) is 5.91 Å². The lowest BCUT2D eigenvalue weighted by Gasteiger charge is -2.34. The average Bonchev–Trinajstić information content (AvgIpc) is 3.76. The number of likely N-dealkylation sites (tertiary alicyclic amines) is 1. The molecule has 0 bridgehead atoms. The lowest BCUT2D eigenvalue weighted by molar-refractivity contribution is -0.144. The Labute approximate surface area is 191 Å². The maximum atomic E-state index is 12.4. The van der Waals surface area contributed by atoms with E-state index in [1.165, 1.54) is 5.56 Å². The van der Waals surface area contributed by atoms with Crippen LogP contribution in [0.5, 0.6) is 0 Å². The van der Waals surface area contributed by atoms with Crippen LogP contribution in [0.25, 0.3) is 22.0 Å². The Morgan fingerprint density at radius 3 is 2.33 bits per heavy atom. The van der Waals surface area contributed by atoms with Crippen molar-refractivity contribution in [2.24, 2.45) is 5.41 Å². The molecule has 33 heavy (non-hydrogen) atoms. The molecule has 3 fully saturated rings. The molecule has 1 aliphatic heterocycles. The van der Waals surface area contributed by atoms with E-state index in [2.05, 4.69) is 29.2 Å². The highest BCUT2D eigenvalue weighted by Crippen LogP contribution is 2.65. The van der Waals surface area contributed by atoms with Crippen molar-refractivity contribution in [3.05, 3.63) is 65.9 Å². The Morgan fingerprint density at radius 1 is 0.970 bits per heavy atom. The summed E-state index contributed by atoms with van der Waals surface area (Å²) in [6, 6.07) is 17.8. The zero-order chi connectivity index (χ0) is 22.8. The van der Waals surface area contributed by atoms with Crippen LogP contribution < -0.4 is 0 Å². The summed E-state index contributed by atoms with van der Waals surface area (Å²) in [6.45, 7) is 1.47. The van der Waals surface area contributed by atoms with Crippen molar-refractivity contribution in [3.63, 3.8) is 0 Å². The average molecular weight is 443 g/mol. The zero-order valence-electron chi connectivity index (χ0n) is 18.3. The van der Waals surface area contributed by atoms with Crippen molar-refractivity contribution in [2.45, 2.75) is 43.6 Å². The van der Waals surface area contributed by atoms with Gasteiger partial charge in [0.05, 0.1) is 5.52 Å². The molecule has 2 saturated carbocycles. The number of amides is 1. The Balaban J connectivity index is 1.21. The zero-order valence-corrected chi connectivity index (χ0v) is 18.3. The summed E-state index contributed by atoms with van der Waals surface area (Å²) in [5, 5.41) is 20.6. The highest BCUT2D eigenvalue weighted by Gasteiger charge is 2.57. The Kier molecular flexibility index (Phi) is 4.40. The first-order chi connectivity index (χ1) is 15.9. The number of aromatic carboxylic acids is 1. The fourth-order valence-electron chi connectivity index (χ4n) is 5.57. The number of para-hydroxylation sites is 1. The number of nitrogens with zero attached hydrogens (tertiary/aromatic N) is 2. The summed E-state index contributed by atoms with van der Waals surface area (Å²) in [6.07, 6.45) is 4.31. The maximum absolute atomic E-state index is 12.4. The second-order valence-electron chi connectivity index (χ2n) is 9.94. The molecule has 1 aromatic heterocycles. The molecular weight excluding hydrogens is 416 g/mol. The van der Waals surface area contributed by atoms with Gasteiger partial charge in [-0.3, -0.25) is 4.79 Å². The van der Waals surface area contributed by atoms with Gasteiger partial charge in [-0.15, -0.1) is 0 Å². The number of hydrogen-bond donors (Lipinski definition) is 2. The van der Waals surface area contributed by atoms with Gasteiger partial charge >= 0.3 is 5.97 Å². The second kappa shape index (κ2) is 7.12. The van der Waals surface area contributed by atoms with Crippen LogP contribution in [-0.4, -0.2) is 50.7 Å². The number of carboxylic acid groups (broad SMARTS) is 1. The lowest BCUT2D eigenvalue weighted by atomic mass is 9.88. The quantitative estimate of drug-likeness (QED) is 0.631. The molecule has 6 rings (SSSR count). The highest BCUT2D eigenvalue weighted by atomic mass is 16.4. The predicted octanol–water partition coefficient (Wildman–Crippen LogP) is 4.22. The van der Waals surface area contributed by atoms with Gasteiger partial charge in [-0.2, -0.15) is 0 Å². The van der Waals surface area contributed by atoms with E-state index in [-0.39, 0.29) is 17.0 Å². The first kappa shape index (κ1) is 20.4. The number of carbonyl (C=O) groups is 2. The largest absolute Gasteiger partial charge is 0.477 e. The number of pyridine rings is 1. The van der Waals surface area contributed by atoms with Gasteiger partial charge in [0.2, 0.25) is 0 Å². The van der Waals surface area contributed by atoms with Crippen molar-refractivity contribution >= 4 is 22.8 Å². The van der Waals surface area contributed by atoms with Crippen LogP contribution in [0, 0.1) is 5.41 Å². The fraction of sp³-hybridized carbons (Fsp3) is 0.370. The van der Waals surface area contributed by atoms with Gasteiger partial charge < -0.3 is 15.1 Å². The Bertz CT molecular complexity index is 1270. The molecule has 2 aromatic carbocycles. The number of piperidine rings is 1. The molecule has 2 N–H and O–H groups in total. The third-order valence-electron chi connectivity index (χ3n) is 7.92. The lowest BCUT2D eigenvalue weighted by Crippen LogP contribution is -2.45. The minimum Gasteiger partial charge on any atom is -0.477 e. The van der Waals surface area contributed by atoms with Gasteiger partial charge in [0.15, 0.2) is 0 Å². The number of carboxylic acids is 1. The number of aromatic nitrogens is 1. The minimum atomic E-state index is -1.07. The molecular formula is C27H26N2O4. The van der Waals surface area contributed by atoms with Gasteiger partial charge in [-0.05, 0) is 72.3 Å². The molecule has 1 saturated heterocycles. The van der Waals surface area contributed by atoms with Crippen LogP contribution in [0.1, 0.15) is 54.1 Å². The molecule has 2 heterocycles. The number of aliphatic hydroxyl groups is 1. The van der Waals surface area contributed by atoms with E-state index in [0.717, 1.165) is 48.9 Å². The summed E-state index contributed by atoms with van der Waals surface area (Å²) < 4.78 is 0.